The summed E-state index contributed by atoms with van der Waals surface area (Å²) in [5, 5.41) is 0. The summed E-state index contributed by atoms with van der Waals surface area (Å²) in [5.74, 6) is -11.5. The smallest absolute Gasteiger partial charge is 0.429 e. The van der Waals surface area contributed by atoms with Crippen LogP contribution in [0.25, 0.3) is 17.0 Å². The van der Waals surface area contributed by atoms with Gasteiger partial charge in [-0.2, -0.15) is 22.0 Å². The summed E-state index contributed by atoms with van der Waals surface area (Å²) in [6, 6.07) is 3.89. The van der Waals surface area contributed by atoms with Crippen LogP contribution >= 0.6 is 0 Å². The summed E-state index contributed by atoms with van der Waals surface area (Å²) in [7, 11) is 0. The predicted octanol–water partition coefficient (Wildman–Crippen LogP) is 8.36. The quantitative estimate of drug-likeness (QED) is 0.312. The Labute approximate surface area is 190 Å². The highest BCUT2D eigenvalue weighted by molar-refractivity contribution is 5.70. The molecule has 0 amide bonds. The van der Waals surface area contributed by atoms with Crippen LogP contribution in [-0.4, -0.2) is 6.18 Å². The predicted molar refractivity (Wildman–Crippen MR) is 103 cm³/mol. The maximum absolute atomic E-state index is 14.5. The van der Waals surface area contributed by atoms with Gasteiger partial charge in [0.25, 0.3) is 0 Å². The van der Waals surface area contributed by atoms with E-state index in [1.54, 1.807) is 0 Å². The highest BCUT2D eigenvalue weighted by Gasteiger charge is 2.39. The van der Waals surface area contributed by atoms with E-state index in [0.717, 1.165) is 19.1 Å². The minimum atomic E-state index is -5.21. The molecule has 0 aliphatic heterocycles. The molecule has 12 heteroatoms. The van der Waals surface area contributed by atoms with E-state index in [2.05, 4.69) is 4.74 Å². The second kappa shape index (κ2) is 9.23. The van der Waals surface area contributed by atoms with Crippen molar-refractivity contribution >= 4 is 5.83 Å². The van der Waals surface area contributed by atoms with E-state index in [1.807, 2.05) is 0 Å². The first kappa shape index (κ1) is 26.0. The van der Waals surface area contributed by atoms with Gasteiger partial charge >= 0.3 is 12.3 Å². The van der Waals surface area contributed by atoms with Crippen molar-refractivity contribution < 1.29 is 53.0 Å². The van der Waals surface area contributed by atoms with Crippen molar-refractivity contribution in [1.29, 1.82) is 0 Å². The Hall–Kier alpha value is -3.57. The van der Waals surface area contributed by atoms with Crippen molar-refractivity contribution in [3.63, 3.8) is 0 Å². The monoisotopic (exact) mass is 512 g/mol. The molecule has 0 bridgehead atoms. The van der Waals surface area contributed by atoms with Crippen LogP contribution in [0.1, 0.15) is 16.7 Å². The minimum absolute atomic E-state index is 0.253. The zero-order valence-electron chi connectivity index (χ0n) is 17.2. The molecule has 1 nitrogen and oxygen atoms in total. The second-order valence-corrected chi connectivity index (χ2v) is 7.17. The Morgan fingerprint density at radius 1 is 0.771 bits per heavy atom. The standard InChI is InChI=1S/C23H11F11O/c1-10-2-5-14(21(29)20(10)28)23(33,34)35-12-3-4-13(15(24)8-12)11-6-16(25)19(17(26)7-11)18(27)9-22(30,31)32/h2-9H,1H3/b18-9-. The van der Waals surface area contributed by atoms with Crippen LogP contribution in [0.15, 0.2) is 48.5 Å². The molecule has 0 aliphatic carbocycles. The Bertz CT molecular complexity index is 1290. The molecule has 0 atom stereocenters. The first-order valence-corrected chi connectivity index (χ1v) is 9.37. The zero-order valence-corrected chi connectivity index (χ0v) is 17.2. The number of ether oxygens (including phenoxy) is 1. The number of halogens is 11. The van der Waals surface area contributed by atoms with Crippen molar-refractivity contribution in [1.82, 2.24) is 0 Å². The molecule has 0 unspecified atom stereocenters. The topological polar surface area (TPSA) is 9.23 Å². The van der Waals surface area contributed by atoms with E-state index in [0.29, 0.717) is 30.3 Å². The van der Waals surface area contributed by atoms with Crippen LogP contribution in [0.2, 0.25) is 0 Å². The first-order valence-electron chi connectivity index (χ1n) is 9.37. The average Bonchev–Trinajstić information content (AvgIpc) is 2.69. The molecule has 0 aliphatic rings. The summed E-state index contributed by atoms with van der Waals surface area (Å²) >= 11 is 0. The molecular weight excluding hydrogens is 501 g/mol. The molecule has 186 valence electrons. The van der Waals surface area contributed by atoms with E-state index in [9.17, 15) is 48.3 Å². The highest BCUT2D eigenvalue weighted by Crippen LogP contribution is 2.37. The number of hydrogen-bond donors (Lipinski definition) is 0. The van der Waals surface area contributed by atoms with E-state index in [-0.39, 0.29) is 5.56 Å². The van der Waals surface area contributed by atoms with Crippen LogP contribution in [0.3, 0.4) is 0 Å². The largest absolute Gasteiger partial charge is 0.429 e. The van der Waals surface area contributed by atoms with Crippen molar-refractivity contribution in [2.75, 3.05) is 0 Å². The lowest BCUT2D eigenvalue weighted by Crippen LogP contribution is -2.24. The molecule has 0 saturated carbocycles. The maximum atomic E-state index is 14.5. The van der Waals surface area contributed by atoms with Gasteiger partial charge in [-0.1, -0.05) is 6.07 Å². The molecule has 0 heterocycles. The third kappa shape index (κ3) is 5.57. The van der Waals surface area contributed by atoms with Crippen LogP contribution < -0.4 is 4.74 Å². The molecule has 0 spiro atoms. The van der Waals surface area contributed by atoms with Crippen LogP contribution in [0.4, 0.5) is 48.3 Å². The number of allylic oxidation sites excluding steroid dienone is 1. The fraction of sp³-hybridized carbons (Fsp3) is 0.130. The third-order valence-electron chi connectivity index (χ3n) is 4.66. The molecule has 35 heavy (non-hydrogen) atoms. The number of aryl methyl sites for hydroxylation is 1. The summed E-state index contributed by atoms with van der Waals surface area (Å²) in [6.45, 7) is 1.13. The Morgan fingerprint density at radius 2 is 1.37 bits per heavy atom. The van der Waals surface area contributed by atoms with Gasteiger partial charge in [0.1, 0.15) is 34.6 Å². The Kier molecular flexibility index (Phi) is 6.87. The summed E-state index contributed by atoms with van der Waals surface area (Å²) in [4.78, 5) is 0. The van der Waals surface area contributed by atoms with Gasteiger partial charge in [-0.25, -0.2) is 26.3 Å². The van der Waals surface area contributed by atoms with Gasteiger partial charge in [0.2, 0.25) is 0 Å². The normalized spacial score (nSPS) is 12.7. The Balaban J connectivity index is 1.94. The molecule has 0 radical (unpaired) electrons. The highest BCUT2D eigenvalue weighted by atomic mass is 19.4. The summed E-state index contributed by atoms with van der Waals surface area (Å²) in [6.07, 6.45) is -10.6. The number of rotatable bonds is 5. The van der Waals surface area contributed by atoms with Crippen LogP contribution in [0.5, 0.6) is 5.75 Å². The average molecular weight is 512 g/mol. The molecule has 3 aromatic rings. The fourth-order valence-electron chi connectivity index (χ4n) is 3.04. The zero-order chi connectivity index (χ0) is 26.3. The minimum Gasteiger partial charge on any atom is -0.429 e. The van der Waals surface area contributed by atoms with Gasteiger partial charge in [0.15, 0.2) is 11.6 Å². The van der Waals surface area contributed by atoms with Gasteiger partial charge in [0, 0.05) is 11.6 Å². The maximum Gasteiger partial charge on any atom is 0.429 e. The number of hydrogen-bond acceptors (Lipinski definition) is 1. The Morgan fingerprint density at radius 3 is 1.91 bits per heavy atom. The van der Waals surface area contributed by atoms with E-state index < -0.39 is 81.3 Å². The molecular formula is C23H11F11O. The van der Waals surface area contributed by atoms with Gasteiger partial charge in [-0.3, -0.25) is 0 Å². The molecule has 0 fully saturated rings. The molecule has 0 saturated heterocycles. The molecule has 3 aromatic carbocycles. The van der Waals surface area contributed by atoms with Crippen LogP contribution in [-0.2, 0) is 6.11 Å². The lowest BCUT2D eigenvalue weighted by Gasteiger charge is -2.20. The van der Waals surface area contributed by atoms with Gasteiger partial charge in [-0.15, -0.1) is 0 Å². The SMILES string of the molecule is Cc1ccc(C(F)(F)Oc2ccc(-c3cc(F)c(/C(F)=C/C(F)(F)F)c(F)c3)c(F)c2)c(F)c1F. The van der Waals surface area contributed by atoms with Gasteiger partial charge in [-0.05, 0) is 48.4 Å². The van der Waals surface area contributed by atoms with Gasteiger partial charge in [0.05, 0.1) is 11.6 Å². The lowest BCUT2D eigenvalue weighted by atomic mass is 10.0. The summed E-state index contributed by atoms with van der Waals surface area (Å²) in [5.41, 5.74) is -4.59. The van der Waals surface area contributed by atoms with E-state index in [4.69, 9.17) is 0 Å². The van der Waals surface area contributed by atoms with E-state index >= 15 is 0 Å². The van der Waals surface area contributed by atoms with Crippen molar-refractivity contribution in [2.45, 2.75) is 19.2 Å². The lowest BCUT2D eigenvalue weighted by molar-refractivity contribution is -0.187. The van der Waals surface area contributed by atoms with Crippen molar-refractivity contribution in [2.24, 2.45) is 0 Å². The van der Waals surface area contributed by atoms with Crippen LogP contribution in [0, 0.1) is 36.0 Å². The van der Waals surface area contributed by atoms with Crippen molar-refractivity contribution in [3.05, 3.63) is 94.3 Å². The molecule has 3 rings (SSSR count). The van der Waals surface area contributed by atoms with E-state index in [1.165, 1.54) is 0 Å². The molecule has 0 aromatic heterocycles. The third-order valence-corrected chi connectivity index (χ3v) is 4.66. The summed E-state index contributed by atoms with van der Waals surface area (Å²) < 4.78 is 154. The molecule has 0 N–H and O–H groups in total. The second-order valence-electron chi connectivity index (χ2n) is 7.17. The first-order chi connectivity index (χ1) is 16.1. The van der Waals surface area contributed by atoms with Crippen molar-refractivity contribution in [3.8, 4) is 16.9 Å². The van der Waals surface area contributed by atoms with Gasteiger partial charge < -0.3 is 4.74 Å². The fourth-order valence-corrected chi connectivity index (χ4v) is 3.04. The number of benzene rings is 3. The number of alkyl halides is 5.